The molecule has 0 saturated heterocycles. The number of carbonyl (C=O) groups excluding carboxylic acids is 1. The van der Waals surface area contributed by atoms with Gasteiger partial charge in [-0.15, -0.1) is 0 Å². The summed E-state index contributed by atoms with van der Waals surface area (Å²) in [5, 5.41) is 0.768. The number of halogens is 1. The van der Waals surface area contributed by atoms with Crippen LogP contribution in [-0.2, 0) is 4.79 Å². The normalized spacial score (nSPS) is 17.0. The molecule has 1 fully saturated rings. The Morgan fingerprint density at radius 3 is 2.93 bits per heavy atom. The number of hydrogen-bond acceptors (Lipinski definition) is 2. The Morgan fingerprint density at radius 1 is 1.40 bits per heavy atom. The first-order chi connectivity index (χ1) is 7.22. The van der Waals surface area contributed by atoms with Crippen molar-refractivity contribution >= 4 is 16.8 Å². The van der Waals surface area contributed by atoms with Gasteiger partial charge in [0, 0.05) is 29.8 Å². The number of hydrogen-bond donors (Lipinski definition) is 1. The Labute approximate surface area is 85.3 Å². The molecule has 1 aliphatic carbocycles. The molecule has 3 nitrogen and oxygen atoms in total. The van der Waals surface area contributed by atoms with Gasteiger partial charge in [-0.2, -0.15) is 0 Å². The largest absolute Gasteiger partial charge is 0.343 e. The van der Waals surface area contributed by atoms with Gasteiger partial charge in [0.2, 0.25) is 0 Å². The van der Waals surface area contributed by atoms with Gasteiger partial charge in [0.15, 0.2) is 0 Å². The molecule has 0 bridgehead atoms. The Morgan fingerprint density at radius 2 is 2.20 bits per heavy atom. The van der Waals surface area contributed by atoms with E-state index in [1.54, 1.807) is 0 Å². The molecule has 0 atom stereocenters. The van der Waals surface area contributed by atoms with Crippen molar-refractivity contribution < 1.29 is 9.18 Å². The Kier molecular flexibility index (Phi) is 1.65. The van der Waals surface area contributed by atoms with Crippen molar-refractivity contribution in [2.45, 2.75) is 18.8 Å². The molecule has 0 spiro atoms. The van der Waals surface area contributed by atoms with Gasteiger partial charge >= 0.3 is 0 Å². The lowest BCUT2D eigenvalue weighted by Gasteiger charge is -2.22. The molecule has 3 rings (SSSR count). The molecule has 0 unspecified atom stereocenters. The average molecular weight is 204 g/mol. The molecule has 1 aliphatic rings. The summed E-state index contributed by atoms with van der Waals surface area (Å²) >= 11 is 0. The van der Waals surface area contributed by atoms with Gasteiger partial charge in [-0.3, -0.25) is 4.79 Å². The topological polar surface area (TPSA) is 45.8 Å². The minimum atomic E-state index is -0.335. The van der Waals surface area contributed by atoms with Gasteiger partial charge in [0.25, 0.3) is 0 Å². The fraction of sp³-hybridized carbons (Fsp3) is 0.273. The fourth-order valence-corrected chi connectivity index (χ4v) is 1.94. The van der Waals surface area contributed by atoms with Crippen LogP contribution in [0.4, 0.5) is 4.39 Å². The minimum absolute atomic E-state index is 0.273. The molecule has 2 aromatic rings. The standard InChI is InChI=1S/C11H9FN2O/c12-8-1-7-4-10(6-2-9(15)3-6)14-11(7)13-5-8/h1,4-6H,2-3H2,(H,13,14). The molecule has 1 N–H and O–H groups in total. The number of carbonyl (C=O) groups is 1. The SMILES string of the molecule is O=C1CC(c2cc3cc(F)cnc3[nH]2)C1. The molecule has 0 aromatic carbocycles. The summed E-state index contributed by atoms with van der Waals surface area (Å²) in [7, 11) is 0. The Hall–Kier alpha value is -1.71. The highest BCUT2D eigenvalue weighted by Gasteiger charge is 2.29. The van der Waals surface area contributed by atoms with Crippen molar-refractivity contribution in [1.82, 2.24) is 9.97 Å². The van der Waals surface area contributed by atoms with Crippen LogP contribution in [0.15, 0.2) is 18.3 Å². The summed E-state index contributed by atoms with van der Waals surface area (Å²) < 4.78 is 12.9. The maximum Gasteiger partial charge on any atom is 0.142 e. The Balaban J connectivity index is 2.03. The number of pyridine rings is 1. The van der Waals surface area contributed by atoms with Gasteiger partial charge in [-0.1, -0.05) is 0 Å². The van der Waals surface area contributed by atoms with Gasteiger partial charge in [-0.05, 0) is 12.1 Å². The van der Waals surface area contributed by atoms with Gasteiger partial charge in [-0.25, -0.2) is 9.37 Å². The summed E-state index contributed by atoms with van der Waals surface area (Å²) in [5.74, 6) is 0.227. The van der Waals surface area contributed by atoms with Crippen LogP contribution in [0.5, 0.6) is 0 Å². The highest BCUT2D eigenvalue weighted by molar-refractivity contribution is 5.87. The Bertz CT molecular complexity index is 539. The third-order valence-electron chi connectivity index (χ3n) is 2.85. The molecular formula is C11H9FN2O. The third kappa shape index (κ3) is 1.33. The maximum atomic E-state index is 12.9. The van der Waals surface area contributed by atoms with Crippen molar-refractivity contribution in [1.29, 1.82) is 0 Å². The zero-order valence-corrected chi connectivity index (χ0v) is 7.96. The second-order valence-corrected chi connectivity index (χ2v) is 3.96. The van der Waals surface area contributed by atoms with E-state index in [-0.39, 0.29) is 17.5 Å². The summed E-state index contributed by atoms with van der Waals surface area (Å²) in [5.41, 5.74) is 1.67. The predicted molar refractivity (Wildman–Crippen MR) is 53.0 cm³/mol. The van der Waals surface area contributed by atoms with E-state index >= 15 is 0 Å². The number of aromatic nitrogens is 2. The van der Waals surface area contributed by atoms with E-state index in [1.165, 1.54) is 12.3 Å². The maximum absolute atomic E-state index is 12.9. The molecule has 1 saturated carbocycles. The van der Waals surface area contributed by atoms with Crippen LogP contribution in [0.25, 0.3) is 11.0 Å². The minimum Gasteiger partial charge on any atom is -0.343 e. The zero-order valence-electron chi connectivity index (χ0n) is 7.96. The molecule has 0 radical (unpaired) electrons. The van der Waals surface area contributed by atoms with E-state index in [2.05, 4.69) is 9.97 Å². The van der Waals surface area contributed by atoms with E-state index in [0.717, 1.165) is 11.1 Å². The van der Waals surface area contributed by atoms with Crippen molar-refractivity contribution in [2.24, 2.45) is 0 Å². The van der Waals surface area contributed by atoms with Gasteiger partial charge in [0.05, 0.1) is 6.20 Å². The van der Waals surface area contributed by atoms with Crippen LogP contribution in [0.3, 0.4) is 0 Å². The van der Waals surface area contributed by atoms with E-state index in [1.807, 2.05) is 6.07 Å². The molecule has 4 heteroatoms. The first kappa shape index (κ1) is 8.59. The third-order valence-corrected chi connectivity index (χ3v) is 2.85. The lowest BCUT2D eigenvalue weighted by Crippen LogP contribution is -2.21. The summed E-state index contributed by atoms with van der Waals surface area (Å²) in [6, 6.07) is 3.32. The highest BCUT2D eigenvalue weighted by Crippen LogP contribution is 2.34. The van der Waals surface area contributed by atoms with Gasteiger partial charge < -0.3 is 4.98 Å². The molecule has 0 amide bonds. The predicted octanol–water partition coefficient (Wildman–Crippen LogP) is 2.15. The van der Waals surface area contributed by atoms with Crippen molar-refractivity contribution in [3.8, 4) is 0 Å². The highest BCUT2D eigenvalue weighted by atomic mass is 19.1. The van der Waals surface area contributed by atoms with Crippen LogP contribution >= 0.6 is 0 Å². The second-order valence-electron chi connectivity index (χ2n) is 3.96. The molecular weight excluding hydrogens is 195 g/mol. The zero-order chi connectivity index (χ0) is 10.4. The number of fused-ring (bicyclic) bond motifs is 1. The lowest BCUT2D eigenvalue weighted by molar-refractivity contribution is -0.124. The molecule has 76 valence electrons. The fourth-order valence-electron chi connectivity index (χ4n) is 1.94. The molecule has 2 heterocycles. The number of nitrogens with one attached hydrogen (secondary N) is 1. The summed E-state index contributed by atoms with van der Waals surface area (Å²) in [6.45, 7) is 0. The first-order valence-corrected chi connectivity index (χ1v) is 4.88. The monoisotopic (exact) mass is 204 g/mol. The smallest absolute Gasteiger partial charge is 0.142 e. The van der Waals surface area contributed by atoms with Crippen LogP contribution in [0, 0.1) is 5.82 Å². The first-order valence-electron chi connectivity index (χ1n) is 4.88. The van der Waals surface area contributed by atoms with Crippen molar-refractivity contribution in [2.75, 3.05) is 0 Å². The van der Waals surface area contributed by atoms with Crippen molar-refractivity contribution in [3.63, 3.8) is 0 Å². The molecule has 2 aromatic heterocycles. The molecule has 0 aliphatic heterocycles. The van der Waals surface area contributed by atoms with Crippen LogP contribution in [0.1, 0.15) is 24.5 Å². The number of rotatable bonds is 1. The lowest BCUT2D eigenvalue weighted by atomic mass is 9.82. The number of Topliss-reactive ketones (excluding diaryl/α,β-unsaturated/α-hetero) is 1. The summed E-state index contributed by atoms with van der Waals surface area (Å²) in [4.78, 5) is 17.9. The van der Waals surface area contributed by atoms with Crippen LogP contribution in [0.2, 0.25) is 0 Å². The van der Waals surface area contributed by atoms with Crippen LogP contribution < -0.4 is 0 Å². The average Bonchev–Trinajstić information content (AvgIpc) is 2.55. The van der Waals surface area contributed by atoms with Crippen molar-refractivity contribution in [3.05, 3.63) is 29.8 Å². The number of H-pyrrole nitrogens is 1. The van der Waals surface area contributed by atoms with Crippen LogP contribution in [-0.4, -0.2) is 15.8 Å². The second kappa shape index (κ2) is 2.89. The van der Waals surface area contributed by atoms with E-state index in [4.69, 9.17) is 0 Å². The number of ketones is 1. The van der Waals surface area contributed by atoms with E-state index < -0.39 is 0 Å². The molecule has 15 heavy (non-hydrogen) atoms. The number of nitrogens with zero attached hydrogens (tertiary/aromatic N) is 1. The van der Waals surface area contributed by atoms with E-state index in [9.17, 15) is 9.18 Å². The van der Waals surface area contributed by atoms with Gasteiger partial charge in [0.1, 0.15) is 17.2 Å². The quantitative estimate of drug-likeness (QED) is 0.773. The van der Waals surface area contributed by atoms with E-state index in [0.29, 0.717) is 18.5 Å². The summed E-state index contributed by atoms with van der Waals surface area (Å²) in [6.07, 6.45) is 2.37. The number of aromatic amines is 1.